The van der Waals surface area contributed by atoms with E-state index < -0.39 is 0 Å². The van der Waals surface area contributed by atoms with Crippen molar-refractivity contribution in [2.24, 2.45) is 5.92 Å². The predicted octanol–water partition coefficient (Wildman–Crippen LogP) is 3.74. The van der Waals surface area contributed by atoms with E-state index in [1.807, 2.05) is 41.3 Å². The van der Waals surface area contributed by atoms with Gasteiger partial charge in [-0.1, -0.05) is 29.0 Å². The molecule has 156 valence electrons. The SMILES string of the molecule is COc1ccc2sc(N3CC(C(=O)N4CCN(c5cccc(Cl)c5)CC4)C3)nc2c1. The topological polar surface area (TPSA) is 48.9 Å². The Morgan fingerprint density at radius 1 is 1.10 bits per heavy atom. The number of carbonyl (C=O) groups excluding carboxylic acids is 1. The van der Waals surface area contributed by atoms with Crippen molar-refractivity contribution in [3.63, 3.8) is 0 Å². The van der Waals surface area contributed by atoms with Crippen LogP contribution in [0.2, 0.25) is 5.02 Å². The average Bonchev–Trinajstić information content (AvgIpc) is 3.15. The molecule has 0 unspecified atom stereocenters. The van der Waals surface area contributed by atoms with Gasteiger partial charge in [-0.05, 0) is 30.3 Å². The molecular weight excluding hydrogens is 420 g/mol. The summed E-state index contributed by atoms with van der Waals surface area (Å²) in [5, 5.41) is 1.72. The number of thiazole rings is 1. The van der Waals surface area contributed by atoms with Crippen LogP contribution in [-0.4, -0.2) is 62.2 Å². The molecular formula is C22H23ClN4O2S. The Labute approximate surface area is 184 Å². The zero-order valence-corrected chi connectivity index (χ0v) is 18.3. The molecule has 1 amide bonds. The average molecular weight is 443 g/mol. The zero-order chi connectivity index (χ0) is 20.7. The summed E-state index contributed by atoms with van der Waals surface area (Å²) in [6.45, 7) is 4.66. The molecule has 0 saturated carbocycles. The third-order valence-corrected chi connectivity index (χ3v) is 7.18. The molecule has 8 heteroatoms. The molecule has 3 aromatic rings. The van der Waals surface area contributed by atoms with E-state index in [9.17, 15) is 4.79 Å². The van der Waals surface area contributed by atoms with Gasteiger partial charge in [0.05, 0.1) is 23.2 Å². The van der Waals surface area contributed by atoms with Crippen molar-refractivity contribution in [3.05, 3.63) is 47.5 Å². The van der Waals surface area contributed by atoms with Crippen LogP contribution in [0, 0.1) is 5.92 Å². The lowest BCUT2D eigenvalue weighted by molar-refractivity contribution is -0.136. The van der Waals surface area contributed by atoms with Crippen LogP contribution < -0.4 is 14.5 Å². The zero-order valence-electron chi connectivity index (χ0n) is 16.8. The maximum absolute atomic E-state index is 12.9. The number of aromatic nitrogens is 1. The largest absolute Gasteiger partial charge is 0.497 e. The number of fused-ring (bicyclic) bond motifs is 1. The first-order valence-electron chi connectivity index (χ1n) is 10.1. The van der Waals surface area contributed by atoms with Crippen LogP contribution in [0.1, 0.15) is 0 Å². The van der Waals surface area contributed by atoms with Crippen molar-refractivity contribution in [2.75, 3.05) is 56.2 Å². The number of hydrogen-bond donors (Lipinski definition) is 0. The number of benzene rings is 2. The summed E-state index contributed by atoms with van der Waals surface area (Å²) in [6.07, 6.45) is 0. The van der Waals surface area contributed by atoms with Gasteiger partial charge >= 0.3 is 0 Å². The number of rotatable bonds is 4. The molecule has 2 aliphatic rings. The molecule has 3 heterocycles. The van der Waals surface area contributed by atoms with Crippen molar-refractivity contribution in [1.82, 2.24) is 9.88 Å². The van der Waals surface area contributed by atoms with Crippen LogP contribution in [0.15, 0.2) is 42.5 Å². The van der Waals surface area contributed by atoms with Gasteiger partial charge in [0.1, 0.15) is 5.75 Å². The summed E-state index contributed by atoms with van der Waals surface area (Å²) in [5.74, 6) is 1.14. The van der Waals surface area contributed by atoms with Crippen LogP contribution in [0.4, 0.5) is 10.8 Å². The number of amides is 1. The van der Waals surface area contributed by atoms with Crippen LogP contribution in [0.3, 0.4) is 0 Å². The fourth-order valence-electron chi connectivity index (χ4n) is 4.06. The van der Waals surface area contributed by atoms with Crippen LogP contribution in [-0.2, 0) is 4.79 Å². The maximum Gasteiger partial charge on any atom is 0.229 e. The fraction of sp³-hybridized carbons (Fsp3) is 0.364. The molecule has 2 aromatic carbocycles. The predicted molar refractivity (Wildman–Crippen MR) is 122 cm³/mol. The third kappa shape index (κ3) is 3.68. The van der Waals surface area contributed by atoms with Gasteiger partial charge in [-0.2, -0.15) is 0 Å². The Bertz CT molecular complexity index is 1070. The highest BCUT2D eigenvalue weighted by Crippen LogP contribution is 2.35. The van der Waals surface area contributed by atoms with Gasteiger partial charge in [0, 0.05) is 56.0 Å². The molecule has 2 saturated heterocycles. The number of methoxy groups -OCH3 is 1. The van der Waals surface area contributed by atoms with E-state index in [4.69, 9.17) is 21.3 Å². The quantitative estimate of drug-likeness (QED) is 0.616. The van der Waals surface area contributed by atoms with Crippen molar-refractivity contribution in [1.29, 1.82) is 0 Å². The van der Waals surface area contributed by atoms with Crippen molar-refractivity contribution in [3.8, 4) is 5.75 Å². The number of ether oxygens (including phenoxy) is 1. The molecule has 6 nitrogen and oxygen atoms in total. The van der Waals surface area contributed by atoms with Gasteiger partial charge < -0.3 is 19.4 Å². The second-order valence-electron chi connectivity index (χ2n) is 7.72. The van der Waals surface area contributed by atoms with Gasteiger partial charge in [-0.15, -0.1) is 0 Å². The molecule has 2 fully saturated rings. The third-order valence-electron chi connectivity index (χ3n) is 5.85. The van der Waals surface area contributed by atoms with Gasteiger partial charge in [0.25, 0.3) is 0 Å². The molecule has 0 bridgehead atoms. The summed E-state index contributed by atoms with van der Waals surface area (Å²) in [4.78, 5) is 24.2. The lowest BCUT2D eigenvalue weighted by Gasteiger charge is -2.43. The first-order valence-corrected chi connectivity index (χ1v) is 11.3. The number of nitrogens with zero attached hydrogens (tertiary/aromatic N) is 4. The number of anilines is 2. The second kappa shape index (κ2) is 7.96. The molecule has 0 radical (unpaired) electrons. The highest BCUT2D eigenvalue weighted by Gasteiger charge is 2.37. The molecule has 2 aliphatic heterocycles. The highest BCUT2D eigenvalue weighted by molar-refractivity contribution is 7.22. The van der Waals surface area contributed by atoms with E-state index in [0.29, 0.717) is 0 Å². The van der Waals surface area contributed by atoms with E-state index in [1.54, 1.807) is 18.4 Å². The molecule has 1 aromatic heterocycles. The minimum absolute atomic E-state index is 0.0595. The van der Waals surface area contributed by atoms with Gasteiger partial charge in [-0.3, -0.25) is 4.79 Å². The smallest absolute Gasteiger partial charge is 0.229 e. The van der Waals surface area contributed by atoms with Crippen molar-refractivity contribution >= 4 is 49.9 Å². The van der Waals surface area contributed by atoms with Crippen LogP contribution in [0.5, 0.6) is 5.75 Å². The number of piperazine rings is 1. The summed E-state index contributed by atoms with van der Waals surface area (Å²) >= 11 is 7.78. The lowest BCUT2D eigenvalue weighted by Crippen LogP contribution is -2.58. The Morgan fingerprint density at radius 2 is 1.90 bits per heavy atom. The van der Waals surface area contributed by atoms with Crippen LogP contribution >= 0.6 is 22.9 Å². The fourth-order valence-corrected chi connectivity index (χ4v) is 5.21. The summed E-state index contributed by atoms with van der Waals surface area (Å²) < 4.78 is 6.42. The Kier molecular flexibility index (Phi) is 5.16. The highest BCUT2D eigenvalue weighted by atomic mass is 35.5. The first-order chi connectivity index (χ1) is 14.6. The Balaban J connectivity index is 1.16. The Hall–Kier alpha value is -2.51. The summed E-state index contributed by atoms with van der Waals surface area (Å²) in [7, 11) is 1.66. The van der Waals surface area contributed by atoms with Gasteiger partial charge in [0.15, 0.2) is 5.13 Å². The van der Waals surface area contributed by atoms with Crippen molar-refractivity contribution in [2.45, 2.75) is 0 Å². The van der Waals surface area contributed by atoms with E-state index in [2.05, 4.69) is 15.9 Å². The lowest BCUT2D eigenvalue weighted by atomic mass is 9.99. The molecule has 0 aliphatic carbocycles. The number of hydrogen-bond acceptors (Lipinski definition) is 6. The maximum atomic E-state index is 12.9. The first kappa shape index (κ1) is 19.5. The molecule has 0 spiro atoms. The minimum Gasteiger partial charge on any atom is -0.497 e. The Morgan fingerprint density at radius 3 is 2.63 bits per heavy atom. The molecule has 0 atom stereocenters. The van der Waals surface area contributed by atoms with Crippen molar-refractivity contribution < 1.29 is 9.53 Å². The van der Waals surface area contributed by atoms with Gasteiger partial charge in [-0.25, -0.2) is 4.98 Å². The monoisotopic (exact) mass is 442 g/mol. The molecule has 0 N–H and O–H groups in total. The van der Waals surface area contributed by atoms with Crippen LogP contribution in [0.25, 0.3) is 10.2 Å². The minimum atomic E-state index is 0.0595. The van der Waals surface area contributed by atoms with Gasteiger partial charge in [0.2, 0.25) is 5.91 Å². The second-order valence-corrected chi connectivity index (χ2v) is 9.17. The molecule has 5 rings (SSSR count). The standard InChI is InChI=1S/C22H23ClN4O2S/c1-29-18-5-6-20-19(12-18)24-22(30-20)27-13-15(14-27)21(28)26-9-7-25(8-10-26)17-4-2-3-16(23)11-17/h2-6,11-12,15H,7-10,13-14H2,1H3. The van der Waals surface area contributed by atoms with E-state index in [0.717, 1.165) is 71.1 Å². The summed E-state index contributed by atoms with van der Waals surface area (Å²) in [6, 6.07) is 13.9. The van der Waals surface area contributed by atoms with E-state index in [1.165, 1.54) is 0 Å². The molecule has 30 heavy (non-hydrogen) atoms. The number of halogens is 1. The normalized spacial score (nSPS) is 17.3. The van der Waals surface area contributed by atoms with E-state index in [-0.39, 0.29) is 11.8 Å². The van der Waals surface area contributed by atoms with E-state index >= 15 is 0 Å². The summed E-state index contributed by atoms with van der Waals surface area (Å²) in [5.41, 5.74) is 2.07. The number of carbonyl (C=O) groups is 1.